The summed E-state index contributed by atoms with van der Waals surface area (Å²) in [7, 11) is -1.42. The Kier molecular flexibility index (Phi) is 5.46. The lowest BCUT2D eigenvalue weighted by atomic mass is 10.2. The van der Waals surface area contributed by atoms with Crippen molar-refractivity contribution in [3.05, 3.63) is 47.9 Å². The number of amides is 1. The van der Waals surface area contributed by atoms with Gasteiger partial charge in [0.2, 0.25) is 0 Å². The van der Waals surface area contributed by atoms with Crippen molar-refractivity contribution in [2.24, 2.45) is 0 Å². The van der Waals surface area contributed by atoms with Crippen LogP contribution in [0.5, 0.6) is 0 Å². The zero-order valence-corrected chi connectivity index (χ0v) is 16.6. The van der Waals surface area contributed by atoms with E-state index < -0.39 is 9.84 Å². The van der Waals surface area contributed by atoms with E-state index in [9.17, 15) is 13.2 Å². The molecule has 1 amide bonds. The predicted octanol–water partition coefficient (Wildman–Crippen LogP) is 2.20. The second kappa shape index (κ2) is 7.64. The summed E-state index contributed by atoms with van der Waals surface area (Å²) in [4.78, 5) is 24.8. The first kappa shape index (κ1) is 19.3. The SMILES string of the molecule is CCN(c1cccc(C)c1)c1cc(C(=O)N(C)C2CCS(=O)(=O)C2)ncn1. The van der Waals surface area contributed by atoms with Gasteiger partial charge < -0.3 is 9.80 Å². The van der Waals surface area contributed by atoms with Gasteiger partial charge in [-0.1, -0.05) is 12.1 Å². The Morgan fingerprint density at radius 1 is 1.26 bits per heavy atom. The van der Waals surface area contributed by atoms with Crippen LogP contribution in [0.1, 0.15) is 29.4 Å². The van der Waals surface area contributed by atoms with E-state index in [2.05, 4.69) is 16.0 Å². The highest BCUT2D eigenvalue weighted by atomic mass is 32.2. The summed E-state index contributed by atoms with van der Waals surface area (Å²) in [5.41, 5.74) is 2.39. The summed E-state index contributed by atoms with van der Waals surface area (Å²) in [6.07, 6.45) is 1.84. The van der Waals surface area contributed by atoms with Crippen molar-refractivity contribution in [2.75, 3.05) is 30.0 Å². The molecular weight excluding hydrogens is 364 g/mol. The molecule has 2 heterocycles. The molecule has 0 spiro atoms. The van der Waals surface area contributed by atoms with Gasteiger partial charge in [-0.05, 0) is 38.0 Å². The molecule has 1 fully saturated rings. The quantitative estimate of drug-likeness (QED) is 0.781. The van der Waals surface area contributed by atoms with E-state index in [-0.39, 0.29) is 29.1 Å². The van der Waals surface area contributed by atoms with Crippen LogP contribution >= 0.6 is 0 Å². The topological polar surface area (TPSA) is 83.5 Å². The minimum atomic E-state index is -3.06. The predicted molar refractivity (Wildman–Crippen MR) is 105 cm³/mol. The lowest BCUT2D eigenvalue weighted by Crippen LogP contribution is -2.38. The Labute approximate surface area is 160 Å². The van der Waals surface area contributed by atoms with Gasteiger partial charge in [-0.15, -0.1) is 0 Å². The molecule has 1 atom stereocenters. The maximum absolute atomic E-state index is 12.8. The molecule has 8 heteroatoms. The molecule has 3 rings (SSSR count). The fourth-order valence-corrected chi connectivity index (χ4v) is 5.09. The number of carbonyl (C=O) groups is 1. The maximum Gasteiger partial charge on any atom is 0.272 e. The molecular formula is C19H24N4O3S. The van der Waals surface area contributed by atoms with Gasteiger partial charge in [0, 0.05) is 31.4 Å². The number of rotatable bonds is 5. The van der Waals surface area contributed by atoms with Crippen LogP contribution in [0.15, 0.2) is 36.7 Å². The van der Waals surface area contributed by atoms with Crippen molar-refractivity contribution in [1.29, 1.82) is 0 Å². The smallest absolute Gasteiger partial charge is 0.272 e. The zero-order valence-electron chi connectivity index (χ0n) is 15.8. The maximum atomic E-state index is 12.8. The van der Waals surface area contributed by atoms with Crippen LogP contribution in [0.3, 0.4) is 0 Å². The Morgan fingerprint density at radius 3 is 2.67 bits per heavy atom. The minimum Gasteiger partial charge on any atom is -0.336 e. The summed E-state index contributed by atoms with van der Waals surface area (Å²) in [6.45, 7) is 4.73. The first-order valence-corrected chi connectivity index (χ1v) is 10.8. The summed E-state index contributed by atoms with van der Waals surface area (Å²) < 4.78 is 23.4. The zero-order chi connectivity index (χ0) is 19.6. The van der Waals surface area contributed by atoms with Gasteiger partial charge in [-0.25, -0.2) is 18.4 Å². The molecule has 1 unspecified atom stereocenters. The third-order valence-electron chi connectivity index (χ3n) is 4.85. The fourth-order valence-electron chi connectivity index (χ4n) is 3.31. The van der Waals surface area contributed by atoms with Crippen LogP contribution in [0.25, 0.3) is 0 Å². The number of benzene rings is 1. The van der Waals surface area contributed by atoms with E-state index in [1.54, 1.807) is 13.1 Å². The van der Waals surface area contributed by atoms with E-state index in [0.29, 0.717) is 18.8 Å². The highest BCUT2D eigenvalue weighted by molar-refractivity contribution is 7.91. The molecule has 0 aliphatic carbocycles. The van der Waals surface area contributed by atoms with Crippen molar-refractivity contribution >= 4 is 27.2 Å². The number of carbonyl (C=O) groups excluding carboxylic acids is 1. The number of sulfone groups is 1. The van der Waals surface area contributed by atoms with Crippen LogP contribution in [-0.2, 0) is 9.84 Å². The molecule has 2 aromatic rings. The van der Waals surface area contributed by atoms with E-state index >= 15 is 0 Å². The standard InChI is InChI=1S/C19H24N4O3S/c1-4-23(15-7-5-6-14(2)10-15)18-11-17(20-13-21-18)19(24)22(3)16-8-9-27(25,26)12-16/h5-7,10-11,13,16H,4,8-9,12H2,1-3H3. The molecule has 1 aromatic carbocycles. The van der Waals surface area contributed by atoms with E-state index in [0.717, 1.165) is 11.3 Å². The largest absolute Gasteiger partial charge is 0.336 e. The molecule has 1 aliphatic rings. The molecule has 0 bridgehead atoms. The third kappa shape index (κ3) is 4.27. The first-order valence-electron chi connectivity index (χ1n) is 8.94. The normalized spacial score (nSPS) is 18.3. The van der Waals surface area contributed by atoms with Crippen molar-refractivity contribution < 1.29 is 13.2 Å². The second-order valence-electron chi connectivity index (χ2n) is 6.82. The number of anilines is 2. The molecule has 27 heavy (non-hydrogen) atoms. The van der Waals surface area contributed by atoms with Gasteiger partial charge >= 0.3 is 0 Å². The lowest BCUT2D eigenvalue weighted by Gasteiger charge is -2.25. The van der Waals surface area contributed by atoms with E-state index in [4.69, 9.17) is 0 Å². The first-order chi connectivity index (χ1) is 12.8. The average molecular weight is 388 g/mol. The van der Waals surface area contributed by atoms with Crippen molar-refractivity contribution in [3.8, 4) is 0 Å². The molecule has 1 aliphatic heterocycles. The number of nitrogens with zero attached hydrogens (tertiary/aromatic N) is 4. The Bertz CT molecular complexity index is 945. The molecule has 144 valence electrons. The molecule has 0 radical (unpaired) electrons. The Balaban J connectivity index is 1.85. The third-order valence-corrected chi connectivity index (χ3v) is 6.60. The van der Waals surface area contributed by atoms with Crippen molar-refractivity contribution in [1.82, 2.24) is 14.9 Å². The van der Waals surface area contributed by atoms with Gasteiger partial charge in [0.15, 0.2) is 9.84 Å². The molecule has 1 saturated heterocycles. The van der Waals surface area contributed by atoms with Crippen molar-refractivity contribution in [2.45, 2.75) is 26.3 Å². The molecule has 0 saturated carbocycles. The highest BCUT2D eigenvalue weighted by Gasteiger charge is 2.33. The molecule has 0 N–H and O–H groups in total. The number of hydrogen-bond donors (Lipinski definition) is 0. The van der Waals surface area contributed by atoms with Crippen LogP contribution in [0.2, 0.25) is 0 Å². The number of aryl methyl sites for hydroxylation is 1. The van der Waals surface area contributed by atoms with E-state index in [1.165, 1.54) is 11.2 Å². The summed E-state index contributed by atoms with van der Waals surface area (Å²) in [6, 6.07) is 9.41. The molecule has 7 nitrogen and oxygen atoms in total. The van der Waals surface area contributed by atoms with Gasteiger partial charge in [0.1, 0.15) is 17.8 Å². The summed E-state index contributed by atoms with van der Waals surface area (Å²) >= 11 is 0. The monoisotopic (exact) mass is 388 g/mol. The van der Waals surface area contributed by atoms with Gasteiger partial charge in [-0.3, -0.25) is 4.79 Å². The number of hydrogen-bond acceptors (Lipinski definition) is 6. The Hall–Kier alpha value is -2.48. The minimum absolute atomic E-state index is 0.0115. The number of aromatic nitrogens is 2. The van der Waals surface area contributed by atoms with Gasteiger partial charge in [-0.2, -0.15) is 0 Å². The Morgan fingerprint density at radius 2 is 2.04 bits per heavy atom. The van der Waals surface area contributed by atoms with Crippen LogP contribution in [0, 0.1) is 6.92 Å². The summed E-state index contributed by atoms with van der Waals surface area (Å²) in [5, 5.41) is 0. The van der Waals surface area contributed by atoms with Crippen molar-refractivity contribution in [3.63, 3.8) is 0 Å². The summed E-state index contributed by atoms with van der Waals surface area (Å²) in [5.74, 6) is 0.480. The highest BCUT2D eigenvalue weighted by Crippen LogP contribution is 2.25. The van der Waals surface area contributed by atoms with Gasteiger partial charge in [0.25, 0.3) is 5.91 Å². The van der Waals surface area contributed by atoms with Crippen LogP contribution in [-0.4, -0.2) is 60.3 Å². The second-order valence-corrected chi connectivity index (χ2v) is 9.05. The van der Waals surface area contributed by atoms with E-state index in [1.807, 2.05) is 36.9 Å². The fraction of sp³-hybridized carbons (Fsp3) is 0.421. The van der Waals surface area contributed by atoms with Crippen LogP contribution in [0.4, 0.5) is 11.5 Å². The van der Waals surface area contributed by atoms with Gasteiger partial charge in [0.05, 0.1) is 11.5 Å². The average Bonchev–Trinajstić information content (AvgIpc) is 3.01. The lowest BCUT2D eigenvalue weighted by molar-refractivity contribution is 0.0741. The van der Waals surface area contributed by atoms with Crippen LogP contribution < -0.4 is 4.90 Å². The molecule has 1 aromatic heterocycles.